The summed E-state index contributed by atoms with van der Waals surface area (Å²) in [6.07, 6.45) is 0.156. The van der Waals surface area contributed by atoms with Gasteiger partial charge >= 0.3 is 0 Å². The number of benzene rings is 1. The Balaban J connectivity index is 0.00000576. The number of hydrogen-bond acceptors (Lipinski definition) is 3. The van der Waals surface area contributed by atoms with Crippen LogP contribution in [-0.4, -0.2) is 50.2 Å². The van der Waals surface area contributed by atoms with Gasteiger partial charge in [-0.05, 0) is 60.3 Å². The van der Waals surface area contributed by atoms with Crippen molar-refractivity contribution in [2.45, 2.75) is 52.8 Å². The van der Waals surface area contributed by atoms with Crippen LogP contribution in [0.4, 0.5) is 0 Å². The van der Waals surface area contributed by atoms with E-state index in [2.05, 4.69) is 73.6 Å². The van der Waals surface area contributed by atoms with Crippen molar-refractivity contribution in [1.82, 2.24) is 15.5 Å². The molecule has 5 nitrogen and oxygen atoms in total. The molecule has 0 saturated carbocycles. The van der Waals surface area contributed by atoms with Crippen LogP contribution in [0.2, 0.25) is 0 Å². The largest absolute Gasteiger partial charge is 0.491 e. The third kappa shape index (κ3) is 8.27. The van der Waals surface area contributed by atoms with E-state index in [1.165, 1.54) is 5.56 Å². The quantitative estimate of drug-likeness (QED) is 0.371. The highest BCUT2D eigenvalue weighted by molar-refractivity contribution is 14.0. The molecule has 1 aromatic carbocycles. The summed E-state index contributed by atoms with van der Waals surface area (Å²) in [4.78, 5) is 6.51. The molecule has 1 rings (SSSR count). The fourth-order valence-electron chi connectivity index (χ4n) is 2.03. The number of hydrogen-bond donors (Lipinski definition) is 2. The van der Waals surface area contributed by atoms with Crippen molar-refractivity contribution < 1.29 is 4.74 Å². The van der Waals surface area contributed by atoms with Crippen molar-refractivity contribution in [1.29, 1.82) is 0 Å². The number of guanidine groups is 1. The van der Waals surface area contributed by atoms with Crippen LogP contribution in [0.25, 0.3) is 0 Å². The first kappa shape index (κ1) is 24.0. The van der Waals surface area contributed by atoms with E-state index in [4.69, 9.17) is 4.74 Å². The molecule has 6 heteroatoms. The SMILES string of the molecule is CN=C(NCc1ccc(C)cc1OC(C)C)NCC(C)(C)N(C)C.I. The summed E-state index contributed by atoms with van der Waals surface area (Å²) in [6.45, 7) is 12.0. The van der Waals surface area contributed by atoms with Gasteiger partial charge in [-0.25, -0.2) is 0 Å². The molecular weight excluding hydrogens is 427 g/mol. The predicted octanol–water partition coefficient (Wildman–Crippen LogP) is 3.41. The lowest BCUT2D eigenvalue weighted by atomic mass is 10.0. The number of likely N-dealkylation sites (N-methyl/N-ethyl adjacent to an activating group) is 1. The van der Waals surface area contributed by atoms with E-state index in [1.54, 1.807) is 7.05 Å². The maximum atomic E-state index is 5.93. The fourth-order valence-corrected chi connectivity index (χ4v) is 2.03. The molecule has 0 radical (unpaired) electrons. The van der Waals surface area contributed by atoms with Crippen LogP contribution in [0.3, 0.4) is 0 Å². The Morgan fingerprint density at radius 1 is 1.24 bits per heavy atom. The Morgan fingerprint density at radius 2 is 1.88 bits per heavy atom. The minimum absolute atomic E-state index is 0. The normalized spacial score (nSPS) is 12.2. The number of rotatable bonds is 7. The number of ether oxygens (including phenoxy) is 1. The smallest absolute Gasteiger partial charge is 0.191 e. The highest BCUT2D eigenvalue weighted by Crippen LogP contribution is 2.21. The van der Waals surface area contributed by atoms with Crippen LogP contribution in [0, 0.1) is 6.92 Å². The third-order valence-corrected chi connectivity index (χ3v) is 4.15. The second-order valence-corrected chi connectivity index (χ2v) is 7.26. The number of nitrogens with zero attached hydrogens (tertiary/aromatic N) is 2. The van der Waals surface area contributed by atoms with Crippen LogP contribution in [0.1, 0.15) is 38.8 Å². The summed E-state index contributed by atoms with van der Waals surface area (Å²) in [5.41, 5.74) is 2.38. The van der Waals surface area contributed by atoms with Crippen molar-refractivity contribution in [2.75, 3.05) is 27.7 Å². The molecule has 25 heavy (non-hydrogen) atoms. The van der Waals surface area contributed by atoms with Crippen molar-refractivity contribution >= 4 is 29.9 Å². The first-order valence-electron chi connectivity index (χ1n) is 8.54. The summed E-state index contributed by atoms with van der Waals surface area (Å²) in [6, 6.07) is 6.30. The van der Waals surface area contributed by atoms with Crippen molar-refractivity contribution in [2.24, 2.45) is 4.99 Å². The Morgan fingerprint density at radius 3 is 2.40 bits per heavy atom. The average molecular weight is 462 g/mol. The number of aliphatic imine (C=N–C) groups is 1. The first-order chi connectivity index (χ1) is 11.2. The van der Waals surface area contributed by atoms with Gasteiger partial charge in [0.05, 0.1) is 6.10 Å². The van der Waals surface area contributed by atoms with Crippen molar-refractivity contribution in [3.05, 3.63) is 29.3 Å². The zero-order chi connectivity index (χ0) is 18.3. The van der Waals surface area contributed by atoms with Gasteiger partial charge in [0.15, 0.2) is 5.96 Å². The molecule has 0 aromatic heterocycles. The molecule has 0 aliphatic rings. The number of nitrogens with one attached hydrogen (secondary N) is 2. The molecule has 0 bridgehead atoms. The summed E-state index contributed by atoms with van der Waals surface area (Å²) in [5.74, 6) is 1.72. The Kier molecular flexibility index (Phi) is 10.4. The second-order valence-electron chi connectivity index (χ2n) is 7.26. The van der Waals surface area contributed by atoms with Gasteiger partial charge in [-0.1, -0.05) is 12.1 Å². The first-order valence-corrected chi connectivity index (χ1v) is 8.54. The van der Waals surface area contributed by atoms with Gasteiger partial charge < -0.3 is 20.3 Å². The minimum Gasteiger partial charge on any atom is -0.491 e. The standard InChI is InChI=1S/C19H34N4O.HI/c1-14(2)24-17-11-15(3)9-10-16(17)12-21-18(20-6)22-13-19(4,5)23(7)8;/h9-11,14H,12-13H2,1-8H3,(H2,20,21,22);1H. The molecule has 0 aliphatic carbocycles. The monoisotopic (exact) mass is 462 g/mol. The van der Waals surface area contributed by atoms with Crippen LogP contribution < -0.4 is 15.4 Å². The summed E-state index contributed by atoms with van der Waals surface area (Å²) >= 11 is 0. The zero-order valence-corrected chi connectivity index (χ0v) is 19.3. The third-order valence-electron chi connectivity index (χ3n) is 4.15. The van der Waals surface area contributed by atoms with Gasteiger partial charge in [0.2, 0.25) is 0 Å². The maximum absolute atomic E-state index is 5.93. The molecule has 0 saturated heterocycles. The van der Waals surface area contributed by atoms with E-state index in [9.17, 15) is 0 Å². The van der Waals surface area contributed by atoms with E-state index in [-0.39, 0.29) is 35.6 Å². The summed E-state index contributed by atoms with van der Waals surface area (Å²) in [5, 5.41) is 6.76. The molecule has 0 atom stereocenters. The van der Waals surface area contributed by atoms with E-state index in [1.807, 2.05) is 13.8 Å². The molecule has 144 valence electrons. The molecule has 1 aromatic rings. The van der Waals surface area contributed by atoms with Gasteiger partial charge in [-0.3, -0.25) is 4.99 Å². The highest BCUT2D eigenvalue weighted by atomic mass is 127. The predicted molar refractivity (Wildman–Crippen MR) is 118 cm³/mol. The molecule has 0 spiro atoms. The molecular formula is C19H35IN4O. The minimum atomic E-state index is 0. The van der Waals surface area contributed by atoms with Crippen molar-refractivity contribution in [3.8, 4) is 5.75 Å². The van der Waals surface area contributed by atoms with Gasteiger partial charge in [-0.2, -0.15) is 0 Å². The fraction of sp³-hybridized carbons (Fsp3) is 0.632. The van der Waals surface area contributed by atoms with Gasteiger partial charge in [0.1, 0.15) is 5.75 Å². The highest BCUT2D eigenvalue weighted by Gasteiger charge is 2.20. The Hall–Kier alpha value is -1.02. The number of halogens is 1. The molecule has 0 fully saturated rings. The molecule has 0 amide bonds. The number of aryl methyl sites for hydroxylation is 1. The topological polar surface area (TPSA) is 48.9 Å². The van der Waals surface area contributed by atoms with Crippen LogP contribution in [-0.2, 0) is 6.54 Å². The van der Waals surface area contributed by atoms with E-state index in [0.29, 0.717) is 6.54 Å². The summed E-state index contributed by atoms with van der Waals surface area (Å²) < 4.78 is 5.93. The lowest BCUT2D eigenvalue weighted by Crippen LogP contribution is -2.50. The van der Waals surface area contributed by atoms with Gasteiger partial charge in [0.25, 0.3) is 0 Å². The zero-order valence-electron chi connectivity index (χ0n) is 16.9. The van der Waals surface area contributed by atoms with Gasteiger partial charge in [0, 0.05) is 31.2 Å². The maximum Gasteiger partial charge on any atom is 0.191 e. The van der Waals surface area contributed by atoms with Crippen LogP contribution in [0.15, 0.2) is 23.2 Å². The van der Waals surface area contributed by atoms with Crippen LogP contribution in [0.5, 0.6) is 5.75 Å². The van der Waals surface area contributed by atoms with E-state index in [0.717, 1.165) is 23.8 Å². The Bertz CT molecular complexity index is 556. The lowest BCUT2D eigenvalue weighted by Gasteiger charge is -2.33. The lowest BCUT2D eigenvalue weighted by molar-refractivity contribution is 0.197. The average Bonchev–Trinajstić information content (AvgIpc) is 2.48. The summed E-state index contributed by atoms with van der Waals surface area (Å²) in [7, 11) is 5.96. The van der Waals surface area contributed by atoms with Crippen molar-refractivity contribution in [3.63, 3.8) is 0 Å². The molecule has 0 unspecified atom stereocenters. The van der Waals surface area contributed by atoms with E-state index < -0.39 is 0 Å². The molecule has 2 N–H and O–H groups in total. The molecule has 0 heterocycles. The Labute approximate surface area is 170 Å². The van der Waals surface area contributed by atoms with E-state index >= 15 is 0 Å². The second kappa shape index (κ2) is 10.9. The van der Waals surface area contributed by atoms with Gasteiger partial charge in [-0.15, -0.1) is 24.0 Å². The molecule has 0 aliphatic heterocycles. The van der Waals surface area contributed by atoms with Crippen LogP contribution >= 0.6 is 24.0 Å².